The van der Waals surface area contributed by atoms with E-state index in [0.717, 1.165) is 22.4 Å². The third-order valence-corrected chi connectivity index (χ3v) is 6.32. The average molecular weight is 416 g/mol. The number of carbonyl (C=O) groups excluding carboxylic acids is 2. The molecule has 1 heterocycles. The molecule has 2 atom stereocenters. The van der Waals surface area contributed by atoms with E-state index in [2.05, 4.69) is 5.32 Å². The minimum absolute atomic E-state index is 0.221. The van der Waals surface area contributed by atoms with Crippen molar-refractivity contribution in [1.29, 1.82) is 0 Å². The second-order valence-electron chi connectivity index (χ2n) is 7.45. The summed E-state index contributed by atoms with van der Waals surface area (Å²) in [7, 11) is -3.22. The third kappa shape index (κ3) is 4.85. The van der Waals surface area contributed by atoms with Crippen LogP contribution in [0, 0.1) is 5.92 Å². The number of hydrogen-bond donors (Lipinski definition) is 1. The molecule has 0 radical (unpaired) electrons. The maximum absolute atomic E-state index is 12.0. The Morgan fingerprint density at radius 1 is 1.14 bits per heavy atom. The van der Waals surface area contributed by atoms with Gasteiger partial charge in [-0.05, 0) is 47.4 Å². The van der Waals surface area contributed by atoms with Crippen molar-refractivity contribution < 1.29 is 22.7 Å². The summed E-state index contributed by atoms with van der Waals surface area (Å²) in [6.07, 6.45) is 2.22. The molecule has 2 aromatic carbocycles. The molecule has 6 nitrogen and oxygen atoms in total. The first-order chi connectivity index (χ1) is 13.7. The SMILES string of the molecule is CC[C@@H](C)C(=O)C(=O)NC[C@H]1Cc2cc(-c3ccc(S(C)(=O)=O)cc3)ccc2O1. The van der Waals surface area contributed by atoms with Crippen molar-refractivity contribution >= 4 is 21.5 Å². The number of benzene rings is 2. The quantitative estimate of drug-likeness (QED) is 0.703. The summed E-state index contributed by atoms with van der Waals surface area (Å²) in [5.41, 5.74) is 2.89. The van der Waals surface area contributed by atoms with Gasteiger partial charge in [-0.25, -0.2) is 8.42 Å². The second kappa shape index (κ2) is 8.37. The van der Waals surface area contributed by atoms with Crippen LogP contribution in [0.15, 0.2) is 47.4 Å². The number of hydrogen-bond acceptors (Lipinski definition) is 5. The molecule has 0 saturated carbocycles. The molecule has 0 fully saturated rings. The van der Waals surface area contributed by atoms with Gasteiger partial charge in [0, 0.05) is 18.6 Å². The number of amides is 1. The molecular formula is C22H25NO5S. The first kappa shape index (κ1) is 21.0. The molecule has 0 aromatic heterocycles. The van der Waals surface area contributed by atoms with Crippen molar-refractivity contribution in [3.8, 4) is 16.9 Å². The van der Waals surface area contributed by atoms with Crippen molar-refractivity contribution in [3.05, 3.63) is 48.0 Å². The van der Waals surface area contributed by atoms with E-state index in [4.69, 9.17) is 4.74 Å². The largest absolute Gasteiger partial charge is 0.488 e. The number of ketones is 1. The maximum atomic E-state index is 12.0. The van der Waals surface area contributed by atoms with Crippen molar-refractivity contribution in [3.63, 3.8) is 0 Å². The van der Waals surface area contributed by atoms with Gasteiger partial charge in [-0.15, -0.1) is 0 Å². The summed E-state index contributed by atoms with van der Waals surface area (Å²) in [5, 5.41) is 2.67. The fourth-order valence-electron chi connectivity index (χ4n) is 3.21. The molecule has 0 saturated heterocycles. The van der Waals surface area contributed by atoms with Gasteiger partial charge in [-0.2, -0.15) is 0 Å². The minimum atomic E-state index is -3.22. The summed E-state index contributed by atoms with van der Waals surface area (Å²) in [6, 6.07) is 12.6. The molecule has 0 spiro atoms. The predicted octanol–water partition coefficient (Wildman–Crippen LogP) is 2.79. The first-order valence-corrected chi connectivity index (χ1v) is 11.5. The highest BCUT2D eigenvalue weighted by molar-refractivity contribution is 7.90. The highest BCUT2D eigenvalue weighted by Crippen LogP contribution is 2.33. The average Bonchev–Trinajstić information content (AvgIpc) is 3.12. The van der Waals surface area contributed by atoms with Crippen LogP contribution >= 0.6 is 0 Å². The molecule has 1 aliphatic rings. The standard InChI is InChI=1S/C22H25NO5S/c1-4-14(2)21(24)22(25)23-13-18-12-17-11-16(7-10-20(17)28-18)15-5-8-19(9-6-15)29(3,26)27/h5-11,14,18H,4,12-13H2,1-3H3,(H,23,25)/t14-,18-/m1/s1. The molecule has 7 heteroatoms. The summed E-state index contributed by atoms with van der Waals surface area (Å²) < 4.78 is 29.1. The highest BCUT2D eigenvalue weighted by atomic mass is 32.2. The molecular weight excluding hydrogens is 390 g/mol. The zero-order chi connectivity index (χ0) is 21.2. The highest BCUT2D eigenvalue weighted by Gasteiger charge is 2.26. The van der Waals surface area contributed by atoms with Crippen LogP contribution in [0.5, 0.6) is 5.75 Å². The summed E-state index contributed by atoms with van der Waals surface area (Å²) in [5.74, 6) is -0.490. The van der Waals surface area contributed by atoms with Crippen LogP contribution < -0.4 is 10.1 Å². The Morgan fingerprint density at radius 3 is 2.41 bits per heavy atom. The van der Waals surface area contributed by atoms with Crippen molar-refractivity contribution in [2.24, 2.45) is 5.92 Å². The lowest BCUT2D eigenvalue weighted by atomic mass is 10.0. The van der Waals surface area contributed by atoms with Gasteiger partial charge in [0.05, 0.1) is 11.4 Å². The van der Waals surface area contributed by atoms with Gasteiger partial charge < -0.3 is 10.1 Å². The molecule has 3 rings (SSSR count). The van der Waals surface area contributed by atoms with E-state index in [1.54, 1.807) is 31.2 Å². The van der Waals surface area contributed by atoms with Crippen LogP contribution in [0.4, 0.5) is 0 Å². The Morgan fingerprint density at radius 2 is 1.79 bits per heavy atom. The van der Waals surface area contributed by atoms with Crippen molar-refractivity contribution in [1.82, 2.24) is 5.32 Å². The molecule has 154 valence electrons. The van der Waals surface area contributed by atoms with Gasteiger partial charge in [0.1, 0.15) is 11.9 Å². The van der Waals surface area contributed by atoms with Crippen LogP contribution in [0.3, 0.4) is 0 Å². The number of sulfone groups is 1. The fourth-order valence-corrected chi connectivity index (χ4v) is 3.84. The molecule has 1 amide bonds. The predicted molar refractivity (Wildman–Crippen MR) is 111 cm³/mol. The molecule has 1 aliphatic heterocycles. The lowest BCUT2D eigenvalue weighted by Crippen LogP contribution is -2.40. The van der Waals surface area contributed by atoms with E-state index in [0.29, 0.717) is 12.8 Å². The Kier molecular flexibility index (Phi) is 6.07. The summed E-state index contributed by atoms with van der Waals surface area (Å²) >= 11 is 0. The zero-order valence-corrected chi connectivity index (χ0v) is 17.6. The monoisotopic (exact) mass is 415 g/mol. The van der Waals surface area contributed by atoms with E-state index in [1.807, 2.05) is 25.1 Å². The number of carbonyl (C=O) groups is 2. The zero-order valence-electron chi connectivity index (χ0n) is 16.8. The van der Waals surface area contributed by atoms with E-state index >= 15 is 0 Å². The second-order valence-corrected chi connectivity index (χ2v) is 9.46. The van der Waals surface area contributed by atoms with E-state index in [-0.39, 0.29) is 23.5 Å². The molecule has 2 aromatic rings. The number of Topliss-reactive ketones (excluding diaryl/α,β-unsaturated/α-hetero) is 1. The van der Waals surface area contributed by atoms with Crippen LogP contribution in [0.2, 0.25) is 0 Å². The van der Waals surface area contributed by atoms with E-state index in [1.165, 1.54) is 6.26 Å². The van der Waals surface area contributed by atoms with E-state index in [9.17, 15) is 18.0 Å². The lowest BCUT2D eigenvalue weighted by Gasteiger charge is -2.12. The van der Waals surface area contributed by atoms with Crippen LogP contribution in [0.1, 0.15) is 25.8 Å². The fraction of sp³-hybridized carbons (Fsp3) is 0.364. The van der Waals surface area contributed by atoms with Crippen LogP contribution in [0.25, 0.3) is 11.1 Å². The lowest BCUT2D eigenvalue weighted by molar-refractivity contribution is -0.140. The number of fused-ring (bicyclic) bond motifs is 1. The van der Waals surface area contributed by atoms with Crippen LogP contribution in [-0.2, 0) is 25.8 Å². The van der Waals surface area contributed by atoms with Gasteiger partial charge >= 0.3 is 0 Å². The Hall–Kier alpha value is -2.67. The first-order valence-electron chi connectivity index (χ1n) is 9.61. The maximum Gasteiger partial charge on any atom is 0.287 e. The van der Waals surface area contributed by atoms with Gasteiger partial charge in [-0.3, -0.25) is 9.59 Å². The topological polar surface area (TPSA) is 89.5 Å². The molecule has 0 bridgehead atoms. The minimum Gasteiger partial charge on any atom is -0.488 e. The van der Waals surface area contributed by atoms with Crippen LogP contribution in [-0.4, -0.2) is 39.0 Å². The Labute approximate surface area is 171 Å². The molecule has 0 aliphatic carbocycles. The number of ether oxygens (including phenoxy) is 1. The van der Waals surface area contributed by atoms with Gasteiger partial charge in [0.2, 0.25) is 5.78 Å². The Bertz CT molecular complexity index is 1030. The molecule has 1 N–H and O–H groups in total. The Balaban J connectivity index is 1.65. The summed E-state index contributed by atoms with van der Waals surface area (Å²) in [6.45, 7) is 3.89. The van der Waals surface area contributed by atoms with Crippen molar-refractivity contribution in [2.45, 2.75) is 37.7 Å². The van der Waals surface area contributed by atoms with Crippen molar-refractivity contribution in [2.75, 3.05) is 12.8 Å². The molecule has 29 heavy (non-hydrogen) atoms. The van der Waals surface area contributed by atoms with Gasteiger partial charge in [-0.1, -0.05) is 32.0 Å². The normalized spacial score (nSPS) is 16.6. The summed E-state index contributed by atoms with van der Waals surface area (Å²) in [4.78, 5) is 24.1. The third-order valence-electron chi connectivity index (χ3n) is 5.19. The van der Waals surface area contributed by atoms with Gasteiger partial charge in [0.15, 0.2) is 9.84 Å². The smallest absolute Gasteiger partial charge is 0.287 e. The van der Waals surface area contributed by atoms with E-state index < -0.39 is 21.5 Å². The number of nitrogens with one attached hydrogen (secondary N) is 1. The number of rotatable bonds is 7. The molecule has 0 unspecified atom stereocenters. The van der Waals surface area contributed by atoms with Gasteiger partial charge in [0.25, 0.3) is 5.91 Å².